The second-order valence-electron chi connectivity index (χ2n) is 5.18. The van der Waals surface area contributed by atoms with Gasteiger partial charge < -0.3 is 11.1 Å². The summed E-state index contributed by atoms with van der Waals surface area (Å²) in [5, 5.41) is 3.37. The molecule has 0 radical (unpaired) electrons. The lowest BCUT2D eigenvalue weighted by Crippen LogP contribution is -2.14. The number of nitrogens with one attached hydrogen (secondary N) is 1. The molecule has 0 bridgehead atoms. The Morgan fingerprint density at radius 1 is 1.20 bits per heavy atom. The van der Waals surface area contributed by atoms with Crippen LogP contribution in [0.5, 0.6) is 0 Å². The average Bonchev–Trinajstić information content (AvgIpc) is 2.46. The van der Waals surface area contributed by atoms with E-state index in [-0.39, 0.29) is 0 Å². The molecule has 106 valence electrons. The largest absolute Gasteiger partial charge is 0.384 e. The van der Waals surface area contributed by atoms with Crippen LogP contribution < -0.4 is 11.1 Å². The molecule has 20 heavy (non-hydrogen) atoms. The number of nitrogens with zero attached hydrogens (tertiary/aromatic N) is 2. The topological polar surface area (TPSA) is 63.8 Å². The van der Waals surface area contributed by atoms with Gasteiger partial charge in [-0.1, -0.05) is 19.9 Å². The van der Waals surface area contributed by atoms with Crippen molar-refractivity contribution in [1.82, 2.24) is 9.97 Å². The Bertz CT molecular complexity index is 536. The van der Waals surface area contributed by atoms with Crippen molar-refractivity contribution in [3.63, 3.8) is 0 Å². The maximum Gasteiger partial charge on any atom is 0.125 e. The number of rotatable bonds is 6. The molecule has 1 unspecified atom stereocenters. The van der Waals surface area contributed by atoms with Crippen LogP contribution in [0.2, 0.25) is 0 Å². The molecule has 1 atom stereocenters. The number of hydrogen-bond donors (Lipinski definition) is 2. The molecule has 0 aliphatic heterocycles. The van der Waals surface area contributed by atoms with E-state index in [0.717, 1.165) is 25.2 Å². The standard InChI is InChI=1S/C16H22N4/c1-3-13-4-5-16(20-11-13)19-10-12(2)8-14-6-7-18-15(17)9-14/h4-7,9,11-12H,3,8,10H2,1-2H3,(H2,17,18)(H,19,20). The van der Waals surface area contributed by atoms with Crippen LogP contribution in [0.4, 0.5) is 11.6 Å². The maximum atomic E-state index is 5.69. The molecule has 2 rings (SSSR count). The van der Waals surface area contributed by atoms with Gasteiger partial charge in [0.25, 0.3) is 0 Å². The lowest BCUT2D eigenvalue weighted by Gasteiger charge is -2.13. The van der Waals surface area contributed by atoms with Crippen molar-refractivity contribution in [2.24, 2.45) is 5.92 Å². The SMILES string of the molecule is CCc1ccc(NCC(C)Cc2ccnc(N)c2)nc1. The molecule has 3 N–H and O–H groups in total. The minimum atomic E-state index is 0.504. The van der Waals surface area contributed by atoms with Gasteiger partial charge in [-0.2, -0.15) is 0 Å². The third kappa shape index (κ3) is 4.23. The van der Waals surface area contributed by atoms with E-state index in [1.165, 1.54) is 11.1 Å². The van der Waals surface area contributed by atoms with E-state index in [1.54, 1.807) is 6.20 Å². The van der Waals surface area contributed by atoms with Gasteiger partial charge in [0.2, 0.25) is 0 Å². The Kier molecular flexibility index (Phi) is 4.93. The number of hydrogen-bond acceptors (Lipinski definition) is 4. The van der Waals surface area contributed by atoms with E-state index < -0.39 is 0 Å². The lowest BCUT2D eigenvalue weighted by molar-refractivity contribution is 0.610. The van der Waals surface area contributed by atoms with Crippen LogP contribution in [0.25, 0.3) is 0 Å². The van der Waals surface area contributed by atoms with E-state index in [2.05, 4.69) is 35.2 Å². The summed E-state index contributed by atoms with van der Waals surface area (Å²) in [6.45, 7) is 5.23. The summed E-state index contributed by atoms with van der Waals surface area (Å²) >= 11 is 0. The minimum absolute atomic E-state index is 0.504. The summed E-state index contributed by atoms with van der Waals surface area (Å²) in [5.74, 6) is 2.02. The third-order valence-corrected chi connectivity index (χ3v) is 3.29. The van der Waals surface area contributed by atoms with Crippen LogP contribution in [-0.2, 0) is 12.8 Å². The van der Waals surface area contributed by atoms with Gasteiger partial charge in [0.05, 0.1) is 0 Å². The predicted octanol–water partition coefficient (Wildman–Crippen LogP) is 2.91. The summed E-state index contributed by atoms with van der Waals surface area (Å²) in [4.78, 5) is 8.41. The minimum Gasteiger partial charge on any atom is -0.384 e. The summed E-state index contributed by atoms with van der Waals surface area (Å²) in [7, 11) is 0. The van der Waals surface area contributed by atoms with Crippen molar-refractivity contribution < 1.29 is 0 Å². The molecule has 2 heterocycles. The Morgan fingerprint density at radius 2 is 2.05 bits per heavy atom. The zero-order valence-electron chi connectivity index (χ0n) is 12.1. The summed E-state index contributed by atoms with van der Waals surface area (Å²) < 4.78 is 0. The van der Waals surface area contributed by atoms with Crippen molar-refractivity contribution in [2.45, 2.75) is 26.7 Å². The van der Waals surface area contributed by atoms with Gasteiger partial charge in [-0.25, -0.2) is 9.97 Å². The van der Waals surface area contributed by atoms with Gasteiger partial charge in [0.15, 0.2) is 0 Å². The number of pyridine rings is 2. The fourth-order valence-electron chi connectivity index (χ4n) is 2.11. The molecule has 2 aromatic rings. The molecular weight excluding hydrogens is 248 g/mol. The van der Waals surface area contributed by atoms with Gasteiger partial charge >= 0.3 is 0 Å². The summed E-state index contributed by atoms with van der Waals surface area (Å²) in [6, 6.07) is 8.10. The quantitative estimate of drug-likeness (QED) is 0.847. The van der Waals surface area contributed by atoms with Crippen molar-refractivity contribution >= 4 is 11.6 Å². The molecule has 4 nitrogen and oxygen atoms in total. The first-order valence-corrected chi connectivity index (χ1v) is 7.06. The number of nitrogens with two attached hydrogens (primary N) is 1. The molecule has 2 aromatic heterocycles. The first kappa shape index (κ1) is 14.3. The zero-order valence-corrected chi connectivity index (χ0v) is 12.1. The molecule has 0 spiro atoms. The highest BCUT2D eigenvalue weighted by atomic mass is 15.0. The normalized spacial score (nSPS) is 12.1. The molecule has 0 aliphatic carbocycles. The summed E-state index contributed by atoms with van der Waals surface area (Å²) in [6.07, 6.45) is 5.69. The van der Waals surface area contributed by atoms with Gasteiger partial charge in [-0.3, -0.25) is 0 Å². The zero-order chi connectivity index (χ0) is 14.4. The Hall–Kier alpha value is -2.10. The highest BCUT2D eigenvalue weighted by Crippen LogP contribution is 2.12. The van der Waals surface area contributed by atoms with Crippen LogP contribution in [0.1, 0.15) is 25.0 Å². The predicted molar refractivity (Wildman–Crippen MR) is 83.6 cm³/mol. The first-order chi connectivity index (χ1) is 9.67. The monoisotopic (exact) mass is 270 g/mol. The smallest absolute Gasteiger partial charge is 0.125 e. The number of aryl methyl sites for hydroxylation is 1. The number of anilines is 2. The van der Waals surface area contributed by atoms with Crippen molar-refractivity contribution in [3.8, 4) is 0 Å². The fraction of sp³-hybridized carbons (Fsp3) is 0.375. The van der Waals surface area contributed by atoms with Crippen LogP contribution in [0.15, 0.2) is 36.7 Å². The van der Waals surface area contributed by atoms with Gasteiger partial charge in [0, 0.05) is 18.9 Å². The van der Waals surface area contributed by atoms with Crippen LogP contribution in [-0.4, -0.2) is 16.5 Å². The highest BCUT2D eigenvalue weighted by molar-refractivity contribution is 5.36. The van der Waals surface area contributed by atoms with Gasteiger partial charge in [0.1, 0.15) is 11.6 Å². The second kappa shape index (κ2) is 6.89. The van der Waals surface area contributed by atoms with E-state index in [4.69, 9.17) is 5.73 Å². The Balaban J connectivity index is 1.83. The van der Waals surface area contributed by atoms with Crippen LogP contribution in [0.3, 0.4) is 0 Å². The van der Waals surface area contributed by atoms with E-state index in [0.29, 0.717) is 11.7 Å². The Labute approximate surface area is 120 Å². The molecule has 0 amide bonds. The van der Waals surface area contributed by atoms with Crippen molar-refractivity contribution in [2.75, 3.05) is 17.6 Å². The number of aromatic nitrogens is 2. The lowest BCUT2D eigenvalue weighted by atomic mass is 10.0. The third-order valence-electron chi connectivity index (χ3n) is 3.29. The van der Waals surface area contributed by atoms with Crippen molar-refractivity contribution in [3.05, 3.63) is 47.8 Å². The second-order valence-corrected chi connectivity index (χ2v) is 5.18. The summed E-state index contributed by atoms with van der Waals surface area (Å²) in [5.41, 5.74) is 8.17. The molecule has 0 saturated heterocycles. The first-order valence-electron chi connectivity index (χ1n) is 7.06. The number of nitrogen functional groups attached to an aromatic ring is 1. The van der Waals surface area contributed by atoms with E-state index >= 15 is 0 Å². The van der Waals surface area contributed by atoms with Gasteiger partial charge in [-0.05, 0) is 48.1 Å². The molecule has 0 saturated carbocycles. The maximum absolute atomic E-state index is 5.69. The molecule has 0 aliphatic rings. The Morgan fingerprint density at radius 3 is 2.70 bits per heavy atom. The van der Waals surface area contributed by atoms with E-state index in [1.807, 2.05) is 24.4 Å². The average molecular weight is 270 g/mol. The molecular formula is C16H22N4. The molecule has 0 fully saturated rings. The van der Waals surface area contributed by atoms with Crippen LogP contribution in [0, 0.1) is 5.92 Å². The molecule has 0 aromatic carbocycles. The highest BCUT2D eigenvalue weighted by Gasteiger charge is 2.05. The molecule has 4 heteroatoms. The van der Waals surface area contributed by atoms with Gasteiger partial charge in [-0.15, -0.1) is 0 Å². The fourth-order valence-corrected chi connectivity index (χ4v) is 2.11. The van der Waals surface area contributed by atoms with E-state index in [9.17, 15) is 0 Å². The van der Waals surface area contributed by atoms with Crippen molar-refractivity contribution in [1.29, 1.82) is 0 Å². The van der Waals surface area contributed by atoms with Crippen LogP contribution >= 0.6 is 0 Å².